The van der Waals surface area contributed by atoms with E-state index in [1.807, 2.05) is 20.8 Å². The van der Waals surface area contributed by atoms with Crippen molar-refractivity contribution in [3.63, 3.8) is 0 Å². The van der Waals surface area contributed by atoms with Crippen LogP contribution in [0.4, 0.5) is 17.6 Å². The second kappa shape index (κ2) is 4.55. The van der Waals surface area contributed by atoms with Crippen molar-refractivity contribution in [2.75, 3.05) is 6.61 Å². The molecule has 0 aliphatic rings. The van der Waals surface area contributed by atoms with Crippen molar-refractivity contribution in [2.45, 2.75) is 32.4 Å². The molecule has 0 bridgehead atoms. The molecule has 0 aliphatic carbocycles. The molecule has 0 fully saturated rings. The summed E-state index contributed by atoms with van der Waals surface area (Å²) in [6, 6.07) is 3.99. The van der Waals surface area contributed by atoms with Crippen molar-refractivity contribution >= 4 is 0 Å². The average Bonchev–Trinajstić information content (AvgIpc) is 2.12. The summed E-state index contributed by atoms with van der Waals surface area (Å²) in [6.45, 7) is 4.17. The molecule has 0 amide bonds. The molecule has 0 saturated heterocycles. The van der Waals surface area contributed by atoms with Gasteiger partial charge in [-0.05, 0) is 23.1 Å². The van der Waals surface area contributed by atoms with Crippen LogP contribution in [0, 0.1) is 5.82 Å². The number of hydrogen-bond donors (Lipinski definition) is 0. The highest BCUT2D eigenvalue weighted by Gasteiger charge is 2.29. The molecular weight excluding hydrogens is 236 g/mol. The van der Waals surface area contributed by atoms with Gasteiger partial charge in [-0.25, -0.2) is 4.39 Å². The van der Waals surface area contributed by atoms with E-state index >= 15 is 0 Å². The molecule has 0 atom stereocenters. The highest BCUT2D eigenvalue weighted by atomic mass is 19.4. The largest absolute Gasteiger partial charge is 0.481 e. The van der Waals surface area contributed by atoms with Gasteiger partial charge in [0.05, 0.1) is 0 Å². The van der Waals surface area contributed by atoms with Gasteiger partial charge in [0, 0.05) is 0 Å². The summed E-state index contributed by atoms with van der Waals surface area (Å²) in [5.41, 5.74) is 0.443. The topological polar surface area (TPSA) is 9.23 Å². The van der Waals surface area contributed by atoms with Gasteiger partial charge in [-0.1, -0.05) is 26.8 Å². The van der Waals surface area contributed by atoms with Crippen molar-refractivity contribution < 1.29 is 22.3 Å². The lowest BCUT2D eigenvalue weighted by atomic mass is 9.87. The predicted octanol–water partition coefficient (Wildman–Crippen LogP) is 4.06. The van der Waals surface area contributed by atoms with Gasteiger partial charge >= 0.3 is 6.18 Å². The third kappa shape index (κ3) is 4.24. The van der Waals surface area contributed by atoms with Crippen LogP contribution in [0.15, 0.2) is 18.2 Å². The lowest BCUT2D eigenvalue weighted by Crippen LogP contribution is -2.20. The monoisotopic (exact) mass is 250 g/mol. The molecule has 96 valence electrons. The van der Waals surface area contributed by atoms with Crippen LogP contribution in [0.25, 0.3) is 0 Å². The Balaban J connectivity index is 2.84. The molecule has 5 heteroatoms. The second-order valence-corrected chi connectivity index (χ2v) is 4.80. The van der Waals surface area contributed by atoms with E-state index < -0.39 is 18.6 Å². The number of rotatable bonds is 2. The third-order valence-corrected chi connectivity index (χ3v) is 2.19. The standard InChI is InChI=1S/C12H14F4O/c1-11(2,3)8-4-5-10(9(13)6-8)17-7-12(14,15)16/h4-6H,7H2,1-3H3. The Morgan fingerprint density at radius 3 is 2.12 bits per heavy atom. The van der Waals surface area contributed by atoms with Crippen LogP contribution in [0.5, 0.6) is 5.75 Å². The molecule has 1 aromatic carbocycles. The first-order valence-electron chi connectivity index (χ1n) is 5.09. The van der Waals surface area contributed by atoms with Gasteiger partial charge in [0.2, 0.25) is 0 Å². The van der Waals surface area contributed by atoms with Crippen LogP contribution in [-0.2, 0) is 5.41 Å². The molecular formula is C12H14F4O. The Bertz CT molecular complexity index is 390. The fourth-order valence-corrected chi connectivity index (χ4v) is 1.24. The average molecular weight is 250 g/mol. The van der Waals surface area contributed by atoms with Crippen LogP contribution in [0.2, 0.25) is 0 Å². The van der Waals surface area contributed by atoms with Crippen molar-refractivity contribution in [3.8, 4) is 5.75 Å². The van der Waals surface area contributed by atoms with E-state index in [9.17, 15) is 17.6 Å². The highest BCUT2D eigenvalue weighted by Crippen LogP contribution is 2.28. The van der Waals surface area contributed by atoms with E-state index in [2.05, 4.69) is 4.74 Å². The van der Waals surface area contributed by atoms with Crippen molar-refractivity contribution in [1.82, 2.24) is 0 Å². The van der Waals surface area contributed by atoms with E-state index in [-0.39, 0.29) is 11.2 Å². The van der Waals surface area contributed by atoms with Gasteiger partial charge in [-0.3, -0.25) is 0 Å². The summed E-state index contributed by atoms with van der Waals surface area (Å²) < 4.78 is 53.5. The molecule has 1 rings (SSSR count). The fraction of sp³-hybridized carbons (Fsp3) is 0.500. The Hall–Kier alpha value is -1.26. The minimum Gasteiger partial charge on any atom is -0.481 e. The molecule has 1 nitrogen and oxygen atoms in total. The van der Waals surface area contributed by atoms with Crippen molar-refractivity contribution in [2.24, 2.45) is 0 Å². The first kappa shape index (κ1) is 13.8. The van der Waals surface area contributed by atoms with E-state index in [1.54, 1.807) is 6.07 Å². The molecule has 0 unspecified atom stereocenters. The molecule has 0 radical (unpaired) electrons. The molecule has 17 heavy (non-hydrogen) atoms. The van der Waals surface area contributed by atoms with Crippen LogP contribution in [-0.4, -0.2) is 12.8 Å². The van der Waals surface area contributed by atoms with Crippen LogP contribution in [0.3, 0.4) is 0 Å². The van der Waals surface area contributed by atoms with Crippen LogP contribution >= 0.6 is 0 Å². The second-order valence-electron chi connectivity index (χ2n) is 4.80. The lowest BCUT2D eigenvalue weighted by molar-refractivity contribution is -0.153. The number of benzene rings is 1. The molecule has 0 saturated carbocycles. The first-order chi connectivity index (χ1) is 7.59. The maximum Gasteiger partial charge on any atom is 0.422 e. The summed E-state index contributed by atoms with van der Waals surface area (Å²) >= 11 is 0. The Labute approximate surface area is 97.4 Å². The summed E-state index contributed by atoms with van der Waals surface area (Å²) in [5.74, 6) is -1.16. The molecule has 0 N–H and O–H groups in total. The zero-order chi connectivity index (χ0) is 13.3. The number of alkyl halides is 3. The van der Waals surface area contributed by atoms with E-state index in [0.717, 1.165) is 0 Å². The fourth-order valence-electron chi connectivity index (χ4n) is 1.24. The van der Waals surface area contributed by atoms with Crippen molar-refractivity contribution in [1.29, 1.82) is 0 Å². The Morgan fingerprint density at radius 1 is 1.12 bits per heavy atom. The minimum absolute atomic E-state index is 0.261. The summed E-state index contributed by atoms with van der Waals surface area (Å²) in [4.78, 5) is 0. The SMILES string of the molecule is CC(C)(C)c1ccc(OCC(F)(F)F)c(F)c1. The lowest BCUT2D eigenvalue weighted by Gasteiger charge is -2.19. The van der Waals surface area contributed by atoms with Gasteiger partial charge in [0.25, 0.3) is 0 Å². The maximum absolute atomic E-state index is 13.5. The Morgan fingerprint density at radius 2 is 1.71 bits per heavy atom. The Kier molecular flexibility index (Phi) is 3.69. The van der Waals surface area contributed by atoms with Crippen LogP contribution in [0.1, 0.15) is 26.3 Å². The molecule has 0 aliphatic heterocycles. The number of ether oxygens (including phenoxy) is 1. The smallest absolute Gasteiger partial charge is 0.422 e. The summed E-state index contributed by atoms with van der Waals surface area (Å²) in [5, 5.41) is 0. The summed E-state index contributed by atoms with van der Waals surface area (Å²) in [6.07, 6.45) is -4.46. The van der Waals surface area contributed by atoms with Gasteiger partial charge in [-0.2, -0.15) is 13.2 Å². The van der Waals surface area contributed by atoms with E-state index in [0.29, 0.717) is 5.56 Å². The number of hydrogen-bond acceptors (Lipinski definition) is 1. The molecule has 0 heterocycles. The molecule has 0 spiro atoms. The normalized spacial score (nSPS) is 12.6. The van der Waals surface area contributed by atoms with Gasteiger partial charge in [0.15, 0.2) is 18.2 Å². The number of halogens is 4. The quantitative estimate of drug-likeness (QED) is 0.719. The van der Waals surface area contributed by atoms with E-state index in [1.165, 1.54) is 12.1 Å². The van der Waals surface area contributed by atoms with Crippen LogP contribution < -0.4 is 4.74 Å². The van der Waals surface area contributed by atoms with Gasteiger partial charge < -0.3 is 4.74 Å². The first-order valence-corrected chi connectivity index (χ1v) is 5.09. The highest BCUT2D eigenvalue weighted by molar-refractivity contribution is 5.32. The molecule has 0 aromatic heterocycles. The zero-order valence-corrected chi connectivity index (χ0v) is 9.86. The van der Waals surface area contributed by atoms with Gasteiger partial charge in [-0.15, -0.1) is 0 Å². The van der Waals surface area contributed by atoms with Crippen molar-refractivity contribution in [3.05, 3.63) is 29.6 Å². The minimum atomic E-state index is -4.46. The van der Waals surface area contributed by atoms with Gasteiger partial charge in [0.1, 0.15) is 0 Å². The summed E-state index contributed by atoms with van der Waals surface area (Å²) in [7, 11) is 0. The van der Waals surface area contributed by atoms with E-state index in [4.69, 9.17) is 0 Å². The third-order valence-electron chi connectivity index (χ3n) is 2.19. The zero-order valence-electron chi connectivity index (χ0n) is 9.86. The molecule has 1 aromatic rings. The maximum atomic E-state index is 13.5. The predicted molar refractivity (Wildman–Crippen MR) is 56.7 cm³/mol.